The number of hydrogen-bond acceptors (Lipinski definition) is 5. The van der Waals surface area contributed by atoms with Gasteiger partial charge in [0.05, 0.1) is 32.0 Å². The highest BCUT2D eigenvalue weighted by Crippen LogP contribution is 2.38. The summed E-state index contributed by atoms with van der Waals surface area (Å²) in [5, 5.41) is 0. The Bertz CT molecular complexity index is 965. The summed E-state index contributed by atoms with van der Waals surface area (Å²) in [6.07, 6.45) is 3.60. The number of methoxy groups -OCH3 is 1. The summed E-state index contributed by atoms with van der Waals surface area (Å²) in [5.74, 6) is 1.01. The van der Waals surface area contributed by atoms with Gasteiger partial charge < -0.3 is 9.47 Å². The monoisotopic (exact) mass is 436 g/mol. The number of carbonyl (C=O) groups is 2. The van der Waals surface area contributed by atoms with Crippen LogP contribution in [-0.4, -0.2) is 48.1 Å². The Hall–Kier alpha value is -3.15. The second kappa shape index (κ2) is 9.98. The Balaban J connectivity index is 1.95. The van der Waals surface area contributed by atoms with Crippen LogP contribution in [0.5, 0.6) is 5.75 Å². The van der Waals surface area contributed by atoms with Crippen molar-refractivity contribution >= 4 is 18.0 Å². The molecule has 0 aliphatic carbocycles. The number of carbonyl (C=O) groups excluding carboxylic acids is 2. The van der Waals surface area contributed by atoms with Gasteiger partial charge in [0, 0.05) is 17.2 Å². The van der Waals surface area contributed by atoms with Crippen LogP contribution in [0.25, 0.3) is 6.08 Å². The number of amides is 1. The largest absolute Gasteiger partial charge is 0.497 e. The molecular formula is C26H32N2O4. The smallest absolute Gasteiger partial charge is 0.410 e. The fourth-order valence-corrected chi connectivity index (χ4v) is 3.93. The van der Waals surface area contributed by atoms with Crippen LogP contribution in [0, 0.1) is 11.3 Å². The molecule has 6 heteroatoms. The molecule has 0 spiro atoms. The molecule has 3 rings (SSSR count). The van der Waals surface area contributed by atoms with Crippen molar-refractivity contribution in [2.45, 2.75) is 40.2 Å². The molecule has 1 aromatic heterocycles. The molecule has 32 heavy (non-hydrogen) atoms. The van der Waals surface area contributed by atoms with Crippen LogP contribution in [0.1, 0.15) is 39.0 Å². The average Bonchev–Trinajstić information content (AvgIpc) is 2.78. The lowest BCUT2D eigenvalue weighted by Crippen LogP contribution is -2.58. The summed E-state index contributed by atoms with van der Waals surface area (Å²) in [6.45, 7) is 8.32. The van der Waals surface area contributed by atoms with E-state index in [9.17, 15) is 9.59 Å². The van der Waals surface area contributed by atoms with Crippen molar-refractivity contribution in [2.24, 2.45) is 11.3 Å². The zero-order valence-electron chi connectivity index (χ0n) is 19.5. The molecule has 6 nitrogen and oxygen atoms in total. The van der Waals surface area contributed by atoms with Gasteiger partial charge in [-0.1, -0.05) is 45.9 Å². The molecule has 170 valence electrons. The number of benzene rings is 1. The van der Waals surface area contributed by atoms with E-state index < -0.39 is 11.5 Å². The summed E-state index contributed by atoms with van der Waals surface area (Å²) in [6, 6.07) is 12.9. The van der Waals surface area contributed by atoms with E-state index in [0.29, 0.717) is 24.3 Å². The maximum Gasteiger partial charge on any atom is 0.410 e. The van der Waals surface area contributed by atoms with E-state index in [2.05, 4.69) is 4.98 Å². The van der Waals surface area contributed by atoms with Crippen molar-refractivity contribution in [2.75, 3.05) is 20.3 Å². The normalized spacial score (nSPS) is 19.3. The first-order valence-electron chi connectivity index (χ1n) is 10.9. The molecular weight excluding hydrogens is 404 g/mol. The topological polar surface area (TPSA) is 68.7 Å². The van der Waals surface area contributed by atoms with Gasteiger partial charge >= 0.3 is 6.09 Å². The Labute approximate surface area is 190 Å². The molecule has 0 N–H and O–H groups in total. The molecule has 1 saturated heterocycles. The summed E-state index contributed by atoms with van der Waals surface area (Å²) in [7, 11) is 1.62. The number of rotatable bonds is 6. The quantitative estimate of drug-likeness (QED) is 0.609. The Kier molecular flexibility index (Phi) is 7.33. The Morgan fingerprint density at radius 1 is 1.22 bits per heavy atom. The standard InChI is InChI=1S/C26H32N2O4/c1-18(2)17-32-25(30)28-16-20(15-21-8-6-7-13-27-21)24(29)26(3,4)23(28)14-19-9-11-22(31-5)12-10-19/h6-13,15,18,23H,14,16-17H2,1-5H3/b20-15-. The van der Waals surface area contributed by atoms with Crippen LogP contribution >= 0.6 is 0 Å². The van der Waals surface area contributed by atoms with Gasteiger partial charge in [-0.15, -0.1) is 0 Å². The summed E-state index contributed by atoms with van der Waals surface area (Å²) in [4.78, 5) is 32.6. The first-order chi connectivity index (χ1) is 15.2. The van der Waals surface area contributed by atoms with Gasteiger partial charge in [-0.3, -0.25) is 14.7 Å². The van der Waals surface area contributed by atoms with Crippen LogP contribution < -0.4 is 4.74 Å². The number of Topliss-reactive ketones (excluding diaryl/α,β-unsaturated/α-hetero) is 1. The fraction of sp³-hybridized carbons (Fsp3) is 0.423. The van der Waals surface area contributed by atoms with Crippen molar-refractivity contribution in [3.8, 4) is 5.75 Å². The lowest BCUT2D eigenvalue weighted by Gasteiger charge is -2.45. The van der Waals surface area contributed by atoms with Crippen molar-refractivity contribution in [3.63, 3.8) is 0 Å². The first-order valence-corrected chi connectivity index (χ1v) is 10.9. The minimum absolute atomic E-state index is 0.0228. The van der Waals surface area contributed by atoms with Gasteiger partial charge in [0.25, 0.3) is 0 Å². The molecule has 1 atom stereocenters. The molecule has 0 radical (unpaired) electrons. The van der Waals surface area contributed by atoms with E-state index in [-0.39, 0.29) is 24.3 Å². The number of piperidine rings is 1. The molecule has 2 aromatic rings. The zero-order chi connectivity index (χ0) is 23.3. The van der Waals surface area contributed by atoms with Crippen molar-refractivity contribution in [1.29, 1.82) is 0 Å². The number of ketones is 1. The van der Waals surface area contributed by atoms with Crippen LogP contribution in [0.15, 0.2) is 54.2 Å². The highest BCUT2D eigenvalue weighted by molar-refractivity contribution is 6.05. The van der Waals surface area contributed by atoms with E-state index in [1.807, 2.05) is 70.2 Å². The minimum Gasteiger partial charge on any atom is -0.497 e. The molecule has 2 heterocycles. The molecule has 0 bridgehead atoms. The summed E-state index contributed by atoms with van der Waals surface area (Å²) < 4.78 is 10.8. The fourth-order valence-electron chi connectivity index (χ4n) is 3.93. The van der Waals surface area contributed by atoms with E-state index in [1.165, 1.54) is 0 Å². The van der Waals surface area contributed by atoms with Gasteiger partial charge in [-0.25, -0.2) is 4.79 Å². The van der Waals surface area contributed by atoms with Gasteiger partial charge in [-0.05, 0) is 48.2 Å². The van der Waals surface area contributed by atoms with Gasteiger partial charge in [0.2, 0.25) is 0 Å². The predicted molar refractivity (Wildman–Crippen MR) is 124 cm³/mol. The molecule has 1 fully saturated rings. The first kappa shape index (κ1) is 23.5. The number of ether oxygens (including phenoxy) is 2. The van der Waals surface area contributed by atoms with Crippen molar-refractivity contribution < 1.29 is 19.1 Å². The van der Waals surface area contributed by atoms with Crippen LogP contribution in [-0.2, 0) is 16.0 Å². The Morgan fingerprint density at radius 2 is 1.94 bits per heavy atom. The molecule has 1 unspecified atom stereocenters. The van der Waals surface area contributed by atoms with Crippen LogP contribution in [0.2, 0.25) is 0 Å². The van der Waals surface area contributed by atoms with E-state index in [4.69, 9.17) is 9.47 Å². The lowest BCUT2D eigenvalue weighted by molar-refractivity contribution is -0.129. The number of pyridine rings is 1. The third kappa shape index (κ3) is 5.36. The van der Waals surface area contributed by atoms with Gasteiger partial charge in [0.1, 0.15) is 5.75 Å². The number of hydrogen-bond donors (Lipinski definition) is 0. The lowest BCUT2D eigenvalue weighted by atomic mass is 9.71. The third-order valence-electron chi connectivity index (χ3n) is 5.80. The highest BCUT2D eigenvalue weighted by Gasteiger charge is 2.48. The SMILES string of the molecule is COc1ccc(CC2N(C(=O)OCC(C)C)C/C(=C/c3ccccn3)C(=O)C2(C)C)cc1. The molecule has 1 amide bonds. The molecule has 0 saturated carbocycles. The van der Waals surface area contributed by atoms with E-state index in [0.717, 1.165) is 11.3 Å². The van der Waals surface area contributed by atoms with Crippen molar-refractivity contribution in [1.82, 2.24) is 9.88 Å². The maximum atomic E-state index is 13.5. The predicted octanol–water partition coefficient (Wildman–Crippen LogP) is 4.79. The second-order valence-electron chi connectivity index (χ2n) is 9.14. The highest BCUT2D eigenvalue weighted by atomic mass is 16.6. The van der Waals surface area contributed by atoms with E-state index in [1.54, 1.807) is 24.3 Å². The van der Waals surface area contributed by atoms with E-state index >= 15 is 0 Å². The number of nitrogens with zero attached hydrogens (tertiary/aromatic N) is 2. The maximum absolute atomic E-state index is 13.5. The van der Waals surface area contributed by atoms with Crippen LogP contribution in [0.3, 0.4) is 0 Å². The molecule has 1 aliphatic rings. The van der Waals surface area contributed by atoms with Crippen molar-refractivity contribution in [3.05, 3.63) is 65.5 Å². The van der Waals surface area contributed by atoms with Gasteiger partial charge in [-0.2, -0.15) is 0 Å². The average molecular weight is 437 g/mol. The zero-order valence-corrected chi connectivity index (χ0v) is 19.5. The van der Waals surface area contributed by atoms with Gasteiger partial charge in [0.15, 0.2) is 5.78 Å². The Morgan fingerprint density at radius 3 is 2.53 bits per heavy atom. The van der Waals surface area contributed by atoms with Crippen LogP contribution in [0.4, 0.5) is 4.79 Å². The summed E-state index contributed by atoms with van der Waals surface area (Å²) in [5.41, 5.74) is 1.47. The minimum atomic E-state index is -0.796. The molecule has 1 aromatic carbocycles. The number of likely N-dealkylation sites (tertiary alicyclic amines) is 1. The second-order valence-corrected chi connectivity index (χ2v) is 9.14. The third-order valence-corrected chi connectivity index (χ3v) is 5.80. The summed E-state index contributed by atoms with van der Waals surface area (Å²) >= 11 is 0. The number of aromatic nitrogens is 1. The molecule has 1 aliphatic heterocycles.